The molecule has 3 rings (SSSR count). The minimum atomic E-state index is 0.00464. The van der Waals surface area contributed by atoms with Crippen molar-refractivity contribution in [3.8, 4) is 0 Å². The van der Waals surface area contributed by atoms with E-state index in [9.17, 15) is 4.79 Å². The molecule has 1 amide bonds. The number of carbonyl (C=O) groups excluding carboxylic acids is 1. The molecule has 2 aliphatic rings. The summed E-state index contributed by atoms with van der Waals surface area (Å²) in [5.41, 5.74) is 1.26. The van der Waals surface area contributed by atoms with Gasteiger partial charge in [-0.15, -0.1) is 11.8 Å². The van der Waals surface area contributed by atoms with Crippen LogP contribution in [0.15, 0.2) is 29.2 Å². The Kier molecular flexibility index (Phi) is 5.09. The van der Waals surface area contributed by atoms with Crippen molar-refractivity contribution in [3.05, 3.63) is 29.8 Å². The lowest BCUT2D eigenvalue weighted by molar-refractivity contribution is -0.138. The van der Waals surface area contributed by atoms with E-state index in [4.69, 9.17) is 0 Å². The van der Waals surface area contributed by atoms with E-state index in [1.807, 2.05) is 11.8 Å². The summed E-state index contributed by atoms with van der Waals surface area (Å²) in [5, 5.41) is 0.00464. The van der Waals surface area contributed by atoms with Gasteiger partial charge in [-0.2, -0.15) is 0 Å². The van der Waals surface area contributed by atoms with Gasteiger partial charge in [0.05, 0.1) is 5.25 Å². The Balaban J connectivity index is 1.47. The van der Waals surface area contributed by atoms with Crippen molar-refractivity contribution in [2.75, 3.05) is 26.2 Å². The van der Waals surface area contributed by atoms with Crippen molar-refractivity contribution < 1.29 is 4.79 Å². The van der Waals surface area contributed by atoms with E-state index in [0.717, 1.165) is 13.1 Å². The molecule has 3 nitrogen and oxygen atoms in total. The highest BCUT2D eigenvalue weighted by Gasteiger charge is 2.36. The number of hydrogen-bond donors (Lipinski definition) is 0. The van der Waals surface area contributed by atoms with Crippen molar-refractivity contribution in [1.82, 2.24) is 9.80 Å². The van der Waals surface area contributed by atoms with Gasteiger partial charge in [-0.3, -0.25) is 9.69 Å². The maximum Gasteiger partial charge on any atom is 0.235 e. The van der Waals surface area contributed by atoms with Crippen LogP contribution in [0.25, 0.3) is 0 Å². The Morgan fingerprint density at radius 1 is 1.14 bits per heavy atom. The standard InChI is InChI=1S/C18H26N2OS/c1-14-6-8-17(9-7-14)22-15(2)18(21)20-12-16(13-20)19-10-4-3-5-11-19/h6-9,15-16H,3-5,10-13H2,1-2H3. The van der Waals surface area contributed by atoms with Crippen LogP contribution in [-0.2, 0) is 4.79 Å². The quantitative estimate of drug-likeness (QED) is 0.797. The van der Waals surface area contributed by atoms with Crippen molar-refractivity contribution >= 4 is 17.7 Å². The molecule has 0 aromatic heterocycles. The highest BCUT2D eigenvalue weighted by atomic mass is 32.2. The van der Waals surface area contributed by atoms with Gasteiger partial charge in [0.25, 0.3) is 0 Å². The molecule has 2 heterocycles. The number of rotatable bonds is 4. The molecule has 120 valence electrons. The fraction of sp³-hybridized carbons (Fsp3) is 0.611. The molecule has 2 fully saturated rings. The van der Waals surface area contributed by atoms with Gasteiger partial charge in [0.15, 0.2) is 0 Å². The molecule has 4 heteroatoms. The van der Waals surface area contributed by atoms with Crippen LogP contribution in [0.1, 0.15) is 31.7 Å². The summed E-state index contributed by atoms with van der Waals surface area (Å²) in [6.45, 7) is 8.42. The summed E-state index contributed by atoms with van der Waals surface area (Å²) >= 11 is 1.67. The van der Waals surface area contributed by atoms with E-state index in [2.05, 4.69) is 36.1 Å². The Morgan fingerprint density at radius 2 is 1.77 bits per heavy atom. The van der Waals surface area contributed by atoms with E-state index in [-0.39, 0.29) is 5.25 Å². The zero-order valence-corrected chi connectivity index (χ0v) is 14.4. The third-order valence-electron chi connectivity index (χ3n) is 4.76. The molecule has 1 aromatic rings. The number of nitrogens with zero attached hydrogens (tertiary/aromatic N) is 2. The van der Waals surface area contributed by atoms with Gasteiger partial charge in [-0.25, -0.2) is 0 Å². The molecule has 0 saturated carbocycles. The number of likely N-dealkylation sites (tertiary alicyclic amines) is 2. The zero-order valence-electron chi connectivity index (χ0n) is 13.6. The van der Waals surface area contributed by atoms with Crippen LogP contribution >= 0.6 is 11.8 Å². The molecule has 0 aliphatic carbocycles. The highest BCUT2D eigenvalue weighted by Crippen LogP contribution is 2.27. The number of aryl methyl sites for hydroxylation is 1. The molecule has 1 atom stereocenters. The second-order valence-corrected chi connectivity index (χ2v) is 7.98. The van der Waals surface area contributed by atoms with Gasteiger partial charge in [0.1, 0.15) is 0 Å². The van der Waals surface area contributed by atoms with Gasteiger partial charge in [0.2, 0.25) is 5.91 Å². The number of thioether (sulfide) groups is 1. The van der Waals surface area contributed by atoms with Gasteiger partial charge >= 0.3 is 0 Å². The Hall–Kier alpha value is -1.00. The maximum atomic E-state index is 12.5. The molecule has 2 saturated heterocycles. The number of benzene rings is 1. The molecule has 2 aliphatic heterocycles. The van der Waals surface area contributed by atoms with Gasteiger partial charge < -0.3 is 4.90 Å². The summed E-state index contributed by atoms with van der Waals surface area (Å²) < 4.78 is 0. The average molecular weight is 318 g/mol. The largest absolute Gasteiger partial charge is 0.338 e. The Labute approximate surface area is 138 Å². The van der Waals surface area contributed by atoms with E-state index in [1.165, 1.54) is 42.8 Å². The number of carbonyl (C=O) groups is 1. The minimum absolute atomic E-state index is 0.00464. The predicted octanol–water partition coefficient (Wildman–Crippen LogP) is 3.17. The lowest BCUT2D eigenvalue weighted by Gasteiger charge is -2.47. The summed E-state index contributed by atoms with van der Waals surface area (Å²) in [4.78, 5) is 18.3. The molecular weight excluding hydrogens is 292 g/mol. The second-order valence-electron chi connectivity index (χ2n) is 6.57. The third kappa shape index (κ3) is 3.66. The summed E-state index contributed by atoms with van der Waals surface area (Å²) in [7, 11) is 0. The smallest absolute Gasteiger partial charge is 0.235 e. The Morgan fingerprint density at radius 3 is 2.41 bits per heavy atom. The zero-order chi connectivity index (χ0) is 15.5. The van der Waals surface area contributed by atoms with Crippen LogP contribution in [-0.4, -0.2) is 53.2 Å². The van der Waals surface area contributed by atoms with Crippen LogP contribution in [0.3, 0.4) is 0 Å². The summed E-state index contributed by atoms with van der Waals surface area (Å²) in [5.74, 6) is 0.291. The van der Waals surface area contributed by atoms with Crippen LogP contribution in [0, 0.1) is 6.92 Å². The van der Waals surface area contributed by atoms with Crippen LogP contribution in [0.2, 0.25) is 0 Å². The number of amides is 1. The first-order chi connectivity index (χ1) is 10.6. The summed E-state index contributed by atoms with van der Waals surface area (Å²) in [6, 6.07) is 9.04. The van der Waals surface area contributed by atoms with Crippen LogP contribution in [0.4, 0.5) is 0 Å². The van der Waals surface area contributed by atoms with E-state index in [0.29, 0.717) is 11.9 Å². The molecule has 0 radical (unpaired) electrons. The lowest BCUT2D eigenvalue weighted by Crippen LogP contribution is -2.62. The van der Waals surface area contributed by atoms with Gasteiger partial charge in [-0.05, 0) is 51.9 Å². The van der Waals surface area contributed by atoms with Gasteiger partial charge in [-0.1, -0.05) is 24.1 Å². The predicted molar refractivity (Wildman–Crippen MR) is 92.3 cm³/mol. The molecule has 0 bridgehead atoms. The molecule has 0 spiro atoms. The molecule has 1 aromatic carbocycles. The van der Waals surface area contributed by atoms with Crippen molar-refractivity contribution in [3.63, 3.8) is 0 Å². The molecule has 1 unspecified atom stereocenters. The molecule has 22 heavy (non-hydrogen) atoms. The first-order valence-electron chi connectivity index (χ1n) is 8.39. The number of hydrogen-bond acceptors (Lipinski definition) is 3. The van der Waals surface area contributed by atoms with Crippen LogP contribution < -0.4 is 0 Å². The molecular formula is C18H26N2OS. The fourth-order valence-electron chi connectivity index (χ4n) is 3.28. The fourth-order valence-corrected chi connectivity index (χ4v) is 4.23. The highest BCUT2D eigenvalue weighted by molar-refractivity contribution is 8.00. The van der Waals surface area contributed by atoms with Gasteiger partial charge in [0, 0.05) is 24.0 Å². The summed E-state index contributed by atoms with van der Waals surface area (Å²) in [6.07, 6.45) is 4.02. The third-order valence-corrected chi connectivity index (χ3v) is 5.86. The van der Waals surface area contributed by atoms with Crippen LogP contribution in [0.5, 0.6) is 0 Å². The topological polar surface area (TPSA) is 23.6 Å². The normalized spacial score (nSPS) is 21.5. The average Bonchev–Trinajstić information content (AvgIpc) is 2.49. The van der Waals surface area contributed by atoms with E-state index in [1.54, 1.807) is 11.8 Å². The first kappa shape index (κ1) is 15.9. The number of piperidine rings is 1. The van der Waals surface area contributed by atoms with E-state index >= 15 is 0 Å². The SMILES string of the molecule is Cc1ccc(SC(C)C(=O)N2CC(N3CCCCC3)C2)cc1. The van der Waals surface area contributed by atoms with Crippen molar-refractivity contribution in [2.45, 2.75) is 49.3 Å². The first-order valence-corrected chi connectivity index (χ1v) is 9.27. The van der Waals surface area contributed by atoms with Crippen molar-refractivity contribution in [1.29, 1.82) is 0 Å². The lowest BCUT2D eigenvalue weighted by atomic mass is 10.0. The second kappa shape index (κ2) is 7.05. The van der Waals surface area contributed by atoms with Crippen molar-refractivity contribution in [2.24, 2.45) is 0 Å². The minimum Gasteiger partial charge on any atom is -0.338 e. The monoisotopic (exact) mass is 318 g/mol. The molecule has 0 N–H and O–H groups in total. The van der Waals surface area contributed by atoms with E-state index < -0.39 is 0 Å². The Bertz CT molecular complexity index is 504. The maximum absolute atomic E-state index is 12.5.